The van der Waals surface area contributed by atoms with Gasteiger partial charge in [0.1, 0.15) is 5.78 Å². The van der Waals surface area contributed by atoms with E-state index >= 15 is 0 Å². The molecule has 3 nitrogen and oxygen atoms in total. The third-order valence-electron chi connectivity index (χ3n) is 5.15. The van der Waals surface area contributed by atoms with Crippen molar-refractivity contribution in [1.29, 1.82) is 0 Å². The van der Waals surface area contributed by atoms with Crippen LogP contribution in [0.25, 0.3) is 0 Å². The van der Waals surface area contributed by atoms with Gasteiger partial charge in [-0.15, -0.1) is 0 Å². The summed E-state index contributed by atoms with van der Waals surface area (Å²) >= 11 is 0. The monoisotopic (exact) mass is 242 g/mol. The van der Waals surface area contributed by atoms with Crippen LogP contribution in [0.2, 0.25) is 0 Å². The van der Waals surface area contributed by atoms with Crippen LogP contribution in [0.15, 0.2) is 0 Å². The number of rotatable bonds is 2. The number of ketones is 1. The van der Waals surface area contributed by atoms with Crippen LogP contribution in [0.3, 0.4) is 0 Å². The number of ether oxygens (including phenoxy) is 2. The van der Waals surface area contributed by atoms with Crippen LogP contribution in [0.5, 0.6) is 0 Å². The zero-order valence-corrected chi connectivity index (χ0v) is 12.0. The van der Waals surface area contributed by atoms with Gasteiger partial charge in [0.25, 0.3) is 0 Å². The predicted molar refractivity (Wildman–Crippen MR) is 67.7 cm³/mol. The Bertz CT molecular complexity index is 281. The van der Waals surface area contributed by atoms with Crippen LogP contribution in [0, 0.1) is 16.7 Å². The third-order valence-corrected chi connectivity index (χ3v) is 5.15. The maximum atomic E-state index is 11.6. The number of carbonyl (C=O) groups excluding carboxylic acids is 1. The molecule has 2 fully saturated rings. The van der Waals surface area contributed by atoms with Gasteiger partial charge in [0.15, 0.2) is 6.29 Å². The van der Waals surface area contributed by atoms with Crippen LogP contribution in [0.1, 0.15) is 47.0 Å². The summed E-state index contributed by atoms with van der Waals surface area (Å²) in [5.41, 5.74) is 0.307. The molecule has 0 radical (unpaired) electrons. The van der Waals surface area contributed by atoms with Crippen molar-refractivity contribution in [3.63, 3.8) is 0 Å². The first-order valence-corrected chi connectivity index (χ1v) is 6.38. The number of fused-ring (bicyclic) bond motifs is 2. The van der Waals surface area contributed by atoms with Crippen molar-refractivity contribution in [3.8, 4) is 0 Å². The van der Waals surface area contributed by atoms with E-state index in [0.717, 1.165) is 12.8 Å². The normalized spacial score (nSPS) is 33.8. The van der Waals surface area contributed by atoms with E-state index < -0.39 is 0 Å². The van der Waals surface area contributed by atoms with Gasteiger partial charge in [0.05, 0.1) is 0 Å². The minimum absolute atomic E-state index is 0.0255. The Morgan fingerprint density at radius 2 is 1.76 bits per heavy atom. The van der Waals surface area contributed by atoms with E-state index in [2.05, 4.69) is 30.2 Å². The highest BCUT2D eigenvalue weighted by Crippen LogP contribution is 2.63. The molecule has 17 heavy (non-hydrogen) atoms. The number of methoxy groups -OCH3 is 2. The fraction of sp³-hybridized carbons (Fsp3) is 0.929. The lowest BCUT2D eigenvalue weighted by Crippen LogP contribution is -2.32. The van der Waals surface area contributed by atoms with Crippen LogP contribution in [-0.2, 0) is 14.3 Å². The minimum Gasteiger partial charge on any atom is -0.356 e. The van der Waals surface area contributed by atoms with Crippen molar-refractivity contribution in [2.24, 2.45) is 16.7 Å². The average Bonchev–Trinajstić information content (AvgIpc) is 2.61. The van der Waals surface area contributed by atoms with Gasteiger partial charge in [-0.1, -0.05) is 20.8 Å². The molecule has 2 rings (SSSR count). The summed E-state index contributed by atoms with van der Waals surface area (Å²) in [7, 11) is 3.21. The predicted octanol–water partition coefficient (Wildman–Crippen LogP) is 3.03. The fourth-order valence-electron chi connectivity index (χ4n) is 3.00. The lowest BCUT2D eigenvalue weighted by atomic mass is 9.70. The molecule has 2 aliphatic carbocycles. The van der Waals surface area contributed by atoms with Gasteiger partial charge < -0.3 is 9.47 Å². The van der Waals surface area contributed by atoms with Gasteiger partial charge >= 0.3 is 0 Å². The molecule has 0 N–H and O–H groups in total. The minimum atomic E-state index is -0.0648. The first-order chi connectivity index (χ1) is 7.79. The summed E-state index contributed by atoms with van der Waals surface area (Å²) in [5.74, 6) is 1.19. The van der Waals surface area contributed by atoms with Crippen molar-refractivity contribution < 1.29 is 14.3 Å². The van der Waals surface area contributed by atoms with E-state index in [1.165, 1.54) is 6.42 Å². The van der Waals surface area contributed by atoms with Crippen LogP contribution in [0.4, 0.5) is 0 Å². The first-order valence-electron chi connectivity index (χ1n) is 6.38. The van der Waals surface area contributed by atoms with Crippen molar-refractivity contribution in [2.45, 2.75) is 53.2 Å². The van der Waals surface area contributed by atoms with E-state index in [1.54, 1.807) is 14.2 Å². The molecule has 2 bridgehead atoms. The quantitative estimate of drug-likeness (QED) is 0.698. The van der Waals surface area contributed by atoms with E-state index in [0.29, 0.717) is 11.7 Å². The van der Waals surface area contributed by atoms with Gasteiger partial charge in [-0.3, -0.25) is 4.79 Å². The Hall–Kier alpha value is -0.410. The summed E-state index contributed by atoms with van der Waals surface area (Å²) < 4.78 is 9.35. The molecule has 2 atom stereocenters. The molecule has 2 saturated carbocycles. The van der Waals surface area contributed by atoms with Gasteiger partial charge in [-0.05, 0) is 31.1 Å². The molecule has 0 saturated heterocycles. The van der Waals surface area contributed by atoms with Crippen molar-refractivity contribution in [2.75, 3.05) is 14.2 Å². The second-order valence-corrected chi connectivity index (χ2v) is 5.96. The molecule has 0 spiro atoms. The SMILES string of the molecule is CC1(C)[C@@H]2CC[C@@]1(C)C(=O)C2.COC(C)OC. The summed E-state index contributed by atoms with van der Waals surface area (Å²) in [5, 5.41) is 0. The molecule has 0 heterocycles. The standard InChI is InChI=1S/C10H16O.C4H10O2/c1-9(2)7-4-5-10(9,3)8(11)6-7;1-4(5-2)6-3/h7H,4-6H2,1-3H3;4H,1-3H3/t7-,10+;/m1./s1. The smallest absolute Gasteiger partial charge is 0.154 e. The Kier molecular flexibility index (Phi) is 4.37. The topological polar surface area (TPSA) is 35.5 Å². The molecule has 0 aromatic heterocycles. The summed E-state index contributed by atoms with van der Waals surface area (Å²) in [6.07, 6.45) is 3.19. The largest absolute Gasteiger partial charge is 0.356 e. The molecular weight excluding hydrogens is 216 g/mol. The third kappa shape index (κ3) is 2.41. The highest BCUT2D eigenvalue weighted by molar-refractivity contribution is 5.89. The number of carbonyl (C=O) groups is 1. The first kappa shape index (κ1) is 14.7. The number of Topliss-reactive ketones (excluding diaryl/α,β-unsaturated/α-hetero) is 1. The molecule has 0 aliphatic heterocycles. The Labute approximate surface area is 105 Å². The maximum Gasteiger partial charge on any atom is 0.154 e. The van der Waals surface area contributed by atoms with Gasteiger partial charge in [0.2, 0.25) is 0 Å². The highest BCUT2D eigenvalue weighted by Gasteiger charge is 2.61. The summed E-state index contributed by atoms with van der Waals surface area (Å²) in [6, 6.07) is 0. The fourth-order valence-corrected chi connectivity index (χ4v) is 3.00. The van der Waals surface area contributed by atoms with E-state index in [4.69, 9.17) is 0 Å². The second-order valence-electron chi connectivity index (χ2n) is 5.96. The lowest BCUT2D eigenvalue weighted by molar-refractivity contribution is -0.128. The molecule has 0 aromatic rings. The Balaban J connectivity index is 0.000000209. The van der Waals surface area contributed by atoms with Crippen molar-refractivity contribution in [1.82, 2.24) is 0 Å². The van der Waals surface area contributed by atoms with Gasteiger partial charge in [-0.2, -0.15) is 0 Å². The van der Waals surface area contributed by atoms with E-state index in [9.17, 15) is 4.79 Å². The number of hydrogen-bond acceptors (Lipinski definition) is 3. The summed E-state index contributed by atoms with van der Waals surface area (Å²) in [4.78, 5) is 11.6. The molecule has 0 amide bonds. The molecule has 0 unspecified atom stereocenters. The Morgan fingerprint density at radius 1 is 1.24 bits per heavy atom. The zero-order valence-electron chi connectivity index (χ0n) is 12.0. The average molecular weight is 242 g/mol. The number of hydrogen-bond donors (Lipinski definition) is 0. The van der Waals surface area contributed by atoms with E-state index in [1.807, 2.05) is 6.92 Å². The van der Waals surface area contributed by atoms with Crippen LogP contribution < -0.4 is 0 Å². The van der Waals surface area contributed by atoms with Crippen molar-refractivity contribution in [3.05, 3.63) is 0 Å². The molecule has 2 aliphatic rings. The second kappa shape index (κ2) is 5.07. The zero-order chi connectivity index (χ0) is 13.3. The maximum absolute atomic E-state index is 11.6. The van der Waals surface area contributed by atoms with Gasteiger partial charge in [0, 0.05) is 26.1 Å². The lowest BCUT2D eigenvalue weighted by Gasteiger charge is -2.32. The van der Waals surface area contributed by atoms with E-state index in [-0.39, 0.29) is 17.1 Å². The molecule has 0 aromatic carbocycles. The van der Waals surface area contributed by atoms with Gasteiger partial charge in [-0.25, -0.2) is 0 Å². The Morgan fingerprint density at radius 3 is 1.88 bits per heavy atom. The summed E-state index contributed by atoms with van der Waals surface area (Å²) in [6.45, 7) is 8.51. The van der Waals surface area contributed by atoms with Crippen molar-refractivity contribution >= 4 is 5.78 Å². The molecular formula is C14H26O3. The van der Waals surface area contributed by atoms with Crippen LogP contribution in [-0.4, -0.2) is 26.3 Å². The molecule has 3 heteroatoms. The van der Waals surface area contributed by atoms with Crippen LogP contribution >= 0.6 is 0 Å². The molecule has 100 valence electrons. The highest BCUT2D eigenvalue weighted by atomic mass is 16.7.